The third-order valence-corrected chi connectivity index (χ3v) is 23.0. The minimum atomic E-state index is -3.77. The Labute approximate surface area is 903 Å². The summed E-state index contributed by atoms with van der Waals surface area (Å²) < 4.78 is 42.1. The van der Waals surface area contributed by atoms with Crippen molar-refractivity contribution in [2.75, 3.05) is 40.4 Å². The van der Waals surface area contributed by atoms with Gasteiger partial charge in [0.05, 0.1) is 57.1 Å². The number of carboxylic acid groups (broad SMARTS) is 1. The number of alkyl carbamates (subject to hydrolysis) is 1. The first kappa shape index (κ1) is 135. The molecule has 2 aliphatic carbocycles. The SMILES string of the molecule is C=CCCCC(=O)N[C@H](C(=O)N1C[C@H](O/N=C(\[CH2-])C)C[C@H]1C(=O)OC)C(C)(C)C.[CH-]=C.[CH-]=C.[CH-]=CCCCC(=O)N[C@H](C(=O)N1C[C@H](O/N=C(\[CH2-])C)C[C@H]1C(=O)CC1(C(=O)NS(=O)(=O)C2CC2)C[C@H]1C)C(C)(C)C.[CH-]=CCCCC(=O)N[C@H](C(=O)N1C[C@H](O/N=C(\[CH2-])C)C[C@H]1C(=O)O)C(C)(C)C.[CH2-]/C(C)=N\O[C@@H]1C[C@@H](C(=O)OC)N(C(=O)[C@@H](NC(=O)OC(C)(C)C)C(C)(C)C)C1.[Y].[Y].[Y].[Y]. The van der Waals surface area contributed by atoms with E-state index in [-0.39, 0.29) is 237 Å². The predicted octanol–water partition coefficient (Wildman–Crippen LogP) is 10.2. The number of ether oxygens (including phenoxy) is 3. The van der Waals surface area contributed by atoms with Crippen LogP contribution in [0.2, 0.25) is 0 Å². The molecule has 9 amide bonds. The van der Waals surface area contributed by atoms with Crippen molar-refractivity contribution < 1.29 is 240 Å². The van der Waals surface area contributed by atoms with Gasteiger partial charge in [-0.15, -0.1) is 27.2 Å². The first-order valence-corrected chi connectivity index (χ1v) is 45.3. The molecule has 6 fully saturated rings. The van der Waals surface area contributed by atoms with Crippen LogP contribution in [0.15, 0.2) is 58.6 Å². The van der Waals surface area contributed by atoms with E-state index in [1.807, 2.05) is 83.1 Å². The number of unbranched alkanes of at least 4 members (excludes halogenated alkanes) is 3. The smallest absolute Gasteiger partial charge is 0.408 e. The van der Waals surface area contributed by atoms with Gasteiger partial charge >= 0.3 is 24.0 Å². The number of Topliss-reactive ketones (excluding diaryl/α,β-unsaturated/α-hetero) is 1. The number of amides is 9. The van der Waals surface area contributed by atoms with Crippen LogP contribution < -0.4 is 26.0 Å². The van der Waals surface area contributed by atoms with Gasteiger partial charge in [0.15, 0.2) is 5.78 Å². The molecule has 0 aromatic carbocycles. The monoisotopic (exact) mass is 2220 g/mol. The fourth-order valence-electron chi connectivity index (χ4n) is 14.2. The van der Waals surface area contributed by atoms with Crippen LogP contribution >= 0.6 is 0 Å². The fraction of sp³-hybridized carbons (Fsp3) is 0.670. The first-order chi connectivity index (χ1) is 60.6. The van der Waals surface area contributed by atoms with Crippen molar-refractivity contribution in [3.63, 3.8) is 0 Å². The molecule has 0 aromatic rings. The average Bonchev–Trinajstić information content (AvgIpc) is 1.58. The number of methoxy groups -OCH3 is 2. The molecule has 6 rings (SSSR count). The number of oxime groups is 4. The molecule has 0 bridgehead atoms. The van der Waals surface area contributed by atoms with Crippen molar-refractivity contribution in [3.05, 3.63) is 92.0 Å². The number of carbonyl (C=O) groups is 13. The summed E-state index contributed by atoms with van der Waals surface area (Å²) in [5.74, 6) is -5.83. The number of esters is 2. The van der Waals surface area contributed by atoms with Gasteiger partial charge in [0.1, 0.15) is 72.3 Å². The Morgan fingerprint density at radius 3 is 1.01 bits per heavy atom. The molecule has 4 radical (unpaired) electrons. The second-order valence-electron chi connectivity index (χ2n) is 38.6. The fourth-order valence-corrected chi connectivity index (χ4v) is 15.6. The molecule has 14 atom stereocenters. The molecule has 2 saturated carbocycles. The Bertz CT molecular complexity index is 4150. The van der Waals surface area contributed by atoms with Crippen molar-refractivity contribution in [1.29, 1.82) is 0 Å². The number of nitrogens with one attached hydrogen (secondary N) is 5. The van der Waals surface area contributed by atoms with Crippen LogP contribution in [0.3, 0.4) is 0 Å². The minimum Gasteiger partial charge on any atom is -0.521 e. The van der Waals surface area contributed by atoms with Crippen molar-refractivity contribution in [3.8, 4) is 0 Å². The number of sulfonamides is 1. The molecule has 4 aliphatic heterocycles. The number of likely N-dealkylation sites (tertiary alicyclic amines) is 4. The maximum atomic E-state index is 14.0. The van der Waals surface area contributed by atoms with Gasteiger partial charge in [-0.3, -0.25) is 73.2 Å². The minimum absolute atomic E-state index is 0. The van der Waals surface area contributed by atoms with E-state index < -0.39 is 168 Å². The van der Waals surface area contributed by atoms with E-state index >= 15 is 0 Å². The maximum Gasteiger partial charge on any atom is 0.408 e. The molecule has 754 valence electrons. The molecule has 6 aliphatic rings. The van der Waals surface area contributed by atoms with Gasteiger partial charge in [-0.05, 0) is 93.3 Å². The summed E-state index contributed by atoms with van der Waals surface area (Å²) >= 11 is 0. The average molecular weight is 2220 g/mol. The third kappa shape index (κ3) is 46.7. The Morgan fingerprint density at radius 1 is 0.481 bits per heavy atom. The second-order valence-corrected chi connectivity index (χ2v) is 40.6. The number of rotatable bonds is 37. The summed E-state index contributed by atoms with van der Waals surface area (Å²) in [5.41, 5.74) is -2.47. The number of carboxylic acids is 1. The predicted molar refractivity (Wildman–Crippen MR) is 498 cm³/mol. The van der Waals surface area contributed by atoms with Crippen LogP contribution in [0.4, 0.5) is 4.79 Å². The van der Waals surface area contributed by atoms with Crippen LogP contribution in [0, 0.1) is 87.0 Å². The summed E-state index contributed by atoms with van der Waals surface area (Å²) in [5, 5.41) is 35.4. The van der Waals surface area contributed by atoms with E-state index in [9.17, 15) is 75.9 Å². The van der Waals surface area contributed by atoms with Gasteiger partial charge in [-0.25, -0.2) is 27.6 Å². The van der Waals surface area contributed by atoms with Gasteiger partial charge < -0.3 is 134 Å². The first-order valence-electron chi connectivity index (χ1n) is 43.8. The van der Waals surface area contributed by atoms with Crippen molar-refractivity contribution in [2.45, 2.75) is 331 Å². The van der Waals surface area contributed by atoms with Crippen molar-refractivity contribution >= 4 is 110 Å². The molecule has 0 spiro atoms. The number of ketones is 1. The van der Waals surface area contributed by atoms with Gasteiger partial charge in [-0.2, -0.15) is 0 Å². The molecule has 0 aromatic heterocycles. The molecule has 4 heterocycles. The zero-order chi connectivity index (χ0) is 101. The number of carbonyl (C=O) groups excluding carboxylic acids is 12. The van der Waals surface area contributed by atoms with Crippen molar-refractivity contribution in [1.82, 2.24) is 45.6 Å². The van der Waals surface area contributed by atoms with Gasteiger partial charge in [0, 0.05) is 182 Å². The van der Waals surface area contributed by atoms with Gasteiger partial charge in [-0.1, -0.05) is 159 Å². The molecule has 6 N–H and O–H groups in total. The van der Waals surface area contributed by atoms with Crippen LogP contribution in [-0.2, 0) is 232 Å². The summed E-state index contributed by atoms with van der Waals surface area (Å²) in [6.07, 6.45) is 8.26. The van der Waals surface area contributed by atoms with E-state index in [0.717, 1.165) is 6.42 Å². The van der Waals surface area contributed by atoms with Gasteiger partial charge in [0.25, 0.3) is 0 Å². The maximum absolute atomic E-state index is 14.0. The Balaban J connectivity index is -0.000000839. The van der Waals surface area contributed by atoms with E-state index in [1.165, 1.54) is 46.0 Å². The normalized spacial score (nSPS) is 21.7. The Hall–Kier alpha value is -6.46. The standard InChI is InChI=1S/C29H44N4O7S.C21H34N3O5.C20H34N3O6.C20H31N3O5.2C2H3.4Y/c1-8-9-10-11-24(35)30-25(28(5,6)7)26(36)33-17-20(40-31-18(2)3)14-22(33)23(34)16-29(15-19(29)4)27(37)32-41(38,39)21-12-13-21;1-8-9-10-11-17(25)22-18(21(4,5)6)19(26)24-13-15(29-23-14(2)3)12-16(24)20(27)28-7;1-12(2)22-29-13-10-14(17(25)27-9)23(11-13)16(24)15(19(3,4)5)21-18(26)28-20(6,7)8;1-7-8-9-10-16(24)21-17(20(4,5)6)18(25)23-12-14(28-22-13(2)3)11-15(23)19(26)27;2*1-2;;;;/h1,8,19-22,25H,2,9-17H2,3-7H3,(H,30,35)(H,32,37);8,15-16,18H,1-2,9-13H2,3-7H3,(H,22,25);13-15H,1,10-11H2,2-9H3,(H,21,26);1,7,14-15,17H,2,8-12H2,3-6H3,(H,21,24)(H,26,27);2*1H,2H2;;;;/q-2;2*-1;-2;2*-1;;;;/b31-18+;23-14+;22-12+;22-13+;;;;;;/t19-,20-,22+,25-,29?;15-,16+,18-;13-,14+,15-;14-,15+,17-;;;;;;/m1111....../s1. The number of hydrogen-bond acceptors (Lipinski definition) is 26. The molecular weight excluding hydrogens is 2070 g/mol. The van der Waals surface area contributed by atoms with Gasteiger partial charge in [0.2, 0.25) is 57.3 Å². The molecule has 41 heteroatoms. The molecule has 1 unspecified atom stereocenters. The van der Waals surface area contributed by atoms with E-state index in [1.54, 1.807) is 61.5 Å². The number of hydrogen-bond donors (Lipinski definition) is 6. The third-order valence-electron chi connectivity index (χ3n) is 21.2. The molecule has 4 saturated heterocycles. The second kappa shape index (κ2) is 62.7. The van der Waals surface area contributed by atoms with Crippen molar-refractivity contribution in [2.24, 2.45) is 53.6 Å². The van der Waals surface area contributed by atoms with Crippen LogP contribution in [-0.4, -0.2) is 257 Å². The molecular formula is C94H149N13O23SY4-8. The van der Waals surface area contributed by atoms with Crippen LogP contribution in [0.25, 0.3) is 0 Å². The molecule has 135 heavy (non-hydrogen) atoms. The summed E-state index contributed by atoms with van der Waals surface area (Å²) in [4.78, 5) is 194. The van der Waals surface area contributed by atoms with E-state index in [2.05, 4.69) is 107 Å². The number of allylic oxidation sites excluding steroid dienone is 3. The zero-order valence-corrected chi connectivity index (χ0v) is 95.8. The quantitative estimate of drug-likeness (QED) is 0.00640. The molecule has 36 nitrogen and oxygen atoms in total. The summed E-state index contributed by atoms with van der Waals surface area (Å²) in [6, 6.07) is -7.08. The largest absolute Gasteiger partial charge is 0.521 e. The van der Waals surface area contributed by atoms with Crippen LogP contribution in [0.5, 0.6) is 0 Å². The number of nitrogens with zero attached hydrogens (tertiary/aromatic N) is 8. The summed E-state index contributed by atoms with van der Waals surface area (Å²) in [6.45, 7) is 79.1. The zero-order valence-electron chi connectivity index (χ0n) is 83.6. The summed E-state index contributed by atoms with van der Waals surface area (Å²) in [7, 11) is -1.23. The van der Waals surface area contributed by atoms with Crippen LogP contribution in [0.1, 0.15) is 248 Å². The van der Waals surface area contributed by atoms with E-state index in [0.29, 0.717) is 80.6 Å². The topological polar surface area (TPSA) is 463 Å². The number of aliphatic carboxylic acids is 1. The Kier molecular flexibility index (Phi) is 62.6. The Morgan fingerprint density at radius 2 is 0.756 bits per heavy atom. The van der Waals surface area contributed by atoms with E-state index in [4.69, 9.17) is 46.7 Å².